The van der Waals surface area contributed by atoms with E-state index in [9.17, 15) is 14.7 Å². The fourth-order valence-electron chi connectivity index (χ4n) is 3.69. The smallest absolute Gasteiger partial charge is 0.326 e. The lowest BCUT2D eigenvalue weighted by Crippen LogP contribution is -2.49. The van der Waals surface area contributed by atoms with Crippen molar-refractivity contribution in [3.63, 3.8) is 0 Å². The number of aliphatic carboxylic acids is 1. The predicted molar refractivity (Wildman–Crippen MR) is 90.2 cm³/mol. The molecule has 1 amide bonds. The van der Waals surface area contributed by atoms with Gasteiger partial charge < -0.3 is 14.7 Å². The van der Waals surface area contributed by atoms with E-state index in [1.165, 1.54) is 17.7 Å². The average molecular weight is 331 g/mol. The van der Waals surface area contributed by atoms with Gasteiger partial charge in [-0.2, -0.15) is 0 Å². The molecule has 1 heterocycles. The summed E-state index contributed by atoms with van der Waals surface area (Å²) in [6, 6.07) is 6.42. The van der Waals surface area contributed by atoms with Gasteiger partial charge in [-0.1, -0.05) is 13.0 Å². The second-order valence-corrected chi connectivity index (χ2v) is 7.03. The molecule has 1 saturated heterocycles. The van der Waals surface area contributed by atoms with Gasteiger partial charge in [-0.3, -0.25) is 4.79 Å². The Kier molecular flexibility index (Phi) is 5.07. The first kappa shape index (κ1) is 16.8. The molecule has 1 aliphatic heterocycles. The van der Waals surface area contributed by atoms with Crippen molar-refractivity contribution in [3.8, 4) is 5.75 Å². The molecule has 2 unspecified atom stereocenters. The standard InChI is InChI=1S/C19H25NO4/c1-13-9-10-20(17(11-13)19(22)23)18(21)14-5-4-8-16(12-14)24-15-6-2-3-7-15/h4-5,8,12-13,15,17H,2-3,6-7,9-11H2,1H3,(H,22,23). The zero-order valence-electron chi connectivity index (χ0n) is 14.1. The van der Waals surface area contributed by atoms with Crippen LogP contribution in [0.25, 0.3) is 0 Å². The van der Waals surface area contributed by atoms with Crippen LogP contribution in [0.15, 0.2) is 24.3 Å². The molecular weight excluding hydrogens is 306 g/mol. The van der Waals surface area contributed by atoms with Gasteiger partial charge in [0.05, 0.1) is 6.10 Å². The number of benzene rings is 1. The number of amides is 1. The van der Waals surface area contributed by atoms with E-state index in [4.69, 9.17) is 4.74 Å². The summed E-state index contributed by atoms with van der Waals surface area (Å²) in [6.45, 7) is 2.53. The topological polar surface area (TPSA) is 66.8 Å². The molecular formula is C19H25NO4. The molecule has 5 nitrogen and oxygen atoms in total. The maximum Gasteiger partial charge on any atom is 0.326 e. The van der Waals surface area contributed by atoms with Gasteiger partial charge in [-0.15, -0.1) is 0 Å². The molecule has 1 aromatic carbocycles. The number of hydrogen-bond donors (Lipinski definition) is 1. The number of likely N-dealkylation sites (tertiary alicyclic amines) is 1. The third-order valence-electron chi connectivity index (χ3n) is 5.10. The van der Waals surface area contributed by atoms with E-state index in [-0.39, 0.29) is 12.0 Å². The van der Waals surface area contributed by atoms with Gasteiger partial charge in [0.15, 0.2) is 0 Å². The summed E-state index contributed by atoms with van der Waals surface area (Å²) in [5.41, 5.74) is 0.506. The van der Waals surface area contributed by atoms with Crippen LogP contribution in [0.2, 0.25) is 0 Å². The summed E-state index contributed by atoms with van der Waals surface area (Å²) in [5, 5.41) is 9.45. The summed E-state index contributed by atoms with van der Waals surface area (Å²) in [7, 11) is 0. The summed E-state index contributed by atoms with van der Waals surface area (Å²) in [6.07, 6.45) is 6.09. The van der Waals surface area contributed by atoms with Crippen molar-refractivity contribution >= 4 is 11.9 Å². The van der Waals surface area contributed by atoms with Crippen LogP contribution in [-0.4, -0.2) is 40.6 Å². The van der Waals surface area contributed by atoms with Crippen molar-refractivity contribution in [2.45, 2.75) is 57.6 Å². The minimum absolute atomic E-state index is 0.217. The Morgan fingerprint density at radius 2 is 1.96 bits per heavy atom. The summed E-state index contributed by atoms with van der Waals surface area (Å²) in [5.74, 6) is -0.114. The lowest BCUT2D eigenvalue weighted by molar-refractivity contribution is -0.144. The molecule has 0 bridgehead atoms. The van der Waals surface area contributed by atoms with Crippen molar-refractivity contribution in [2.24, 2.45) is 5.92 Å². The van der Waals surface area contributed by atoms with Gasteiger partial charge >= 0.3 is 5.97 Å². The van der Waals surface area contributed by atoms with Gasteiger partial charge in [0, 0.05) is 12.1 Å². The van der Waals surface area contributed by atoms with Crippen LogP contribution < -0.4 is 4.74 Å². The number of hydrogen-bond acceptors (Lipinski definition) is 3. The number of nitrogens with zero attached hydrogens (tertiary/aromatic N) is 1. The number of carboxylic acid groups (broad SMARTS) is 1. The number of carboxylic acids is 1. The van der Waals surface area contributed by atoms with Crippen molar-refractivity contribution in [1.29, 1.82) is 0 Å². The zero-order valence-corrected chi connectivity index (χ0v) is 14.1. The first-order chi connectivity index (χ1) is 11.5. The van der Waals surface area contributed by atoms with Crippen molar-refractivity contribution in [2.75, 3.05) is 6.54 Å². The highest BCUT2D eigenvalue weighted by atomic mass is 16.5. The summed E-state index contributed by atoms with van der Waals surface area (Å²) in [4.78, 5) is 25.8. The monoisotopic (exact) mass is 331 g/mol. The average Bonchev–Trinajstić information content (AvgIpc) is 3.07. The Labute approximate surface area is 142 Å². The van der Waals surface area contributed by atoms with Gasteiger partial charge in [-0.25, -0.2) is 4.79 Å². The first-order valence-electron chi connectivity index (χ1n) is 8.85. The largest absolute Gasteiger partial charge is 0.490 e. The number of rotatable bonds is 4. The van der Waals surface area contributed by atoms with Gasteiger partial charge in [0.25, 0.3) is 5.91 Å². The van der Waals surface area contributed by atoms with Crippen LogP contribution in [0.1, 0.15) is 55.8 Å². The molecule has 2 fully saturated rings. The van der Waals surface area contributed by atoms with Crippen LogP contribution in [0.3, 0.4) is 0 Å². The minimum Gasteiger partial charge on any atom is -0.490 e. The van der Waals surface area contributed by atoms with E-state index in [0.717, 1.165) is 19.3 Å². The highest BCUT2D eigenvalue weighted by molar-refractivity contribution is 5.97. The fraction of sp³-hybridized carbons (Fsp3) is 0.579. The van der Waals surface area contributed by atoms with Gasteiger partial charge in [0.1, 0.15) is 11.8 Å². The van der Waals surface area contributed by atoms with Crippen molar-refractivity contribution in [1.82, 2.24) is 4.90 Å². The Hall–Kier alpha value is -2.04. The molecule has 1 aromatic rings. The molecule has 5 heteroatoms. The van der Waals surface area contributed by atoms with Crippen LogP contribution in [0, 0.1) is 5.92 Å². The molecule has 2 atom stereocenters. The second kappa shape index (κ2) is 7.24. The highest BCUT2D eigenvalue weighted by Gasteiger charge is 2.35. The third kappa shape index (κ3) is 3.71. The summed E-state index contributed by atoms with van der Waals surface area (Å²) < 4.78 is 5.96. The van der Waals surface area contributed by atoms with E-state index >= 15 is 0 Å². The minimum atomic E-state index is -0.923. The molecule has 1 N–H and O–H groups in total. The number of carbonyl (C=O) groups is 2. The number of ether oxygens (including phenoxy) is 1. The maximum atomic E-state index is 12.8. The molecule has 1 aliphatic carbocycles. The van der Waals surface area contributed by atoms with E-state index in [2.05, 4.69) is 0 Å². The Bertz CT molecular complexity index is 609. The van der Waals surface area contributed by atoms with E-state index in [0.29, 0.717) is 30.2 Å². The molecule has 1 saturated carbocycles. The second-order valence-electron chi connectivity index (χ2n) is 7.03. The Balaban J connectivity index is 1.74. The quantitative estimate of drug-likeness (QED) is 0.919. The molecule has 24 heavy (non-hydrogen) atoms. The van der Waals surface area contributed by atoms with Crippen LogP contribution in [0.4, 0.5) is 0 Å². The lowest BCUT2D eigenvalue weighted by Gasteiger charge is -2.36. The van der Waals surface area contributed by atoms with Gasteiger partial charge in [-0.05, 0) is 62.6 Å². The molecule has 3 rings (SSSR count). The van der Waals surface area contributed by atoms with Crippen molar-refractivity contribution < 1.29 is 19.4 Å². The molecule has 0 spiro atoms. The van der Waals surface area contributed by atoms with E-state index in [1.807, 2.05) is 13.0 Å². The maximum absolute atomic E-state index is 12.8. The number of carbonyl (C=O) groups excluding carboxylic acids is 1. The van der Waals surface area contributed by atoms with Gasteiger partial charge in [0.2, 0.25) is 0 Å². The Morgan fingerprint density at radius 1 is 1.21 bits per heavy atom. The third-order valence-corrected chi connectivity index (χ3v) is 5.10. The SMILES string of the molecule is CC1CCN(C(=O)c2cccc(OC3CCCC3)c2)C(C(=O)O)C1. The van der Waals surface area contributed by atoms with Crippen LogP contribution >= 0.6 is 0 Å². The summed E-state index contributed by atoms with van der Waals surface area (Å²) >= 11 is 0. The van der Waals surface area contributed by atoms with E-state index < -0.39 is 12.0 Å². The lowest BCUT2D eigenvalue weighted by atomic mass is 9.92. The van der Waals surface area contributed by atoms with Crippen LogP contribution in [0.5, 0.6) is 5.75 Å². The Morgan fingerprint density at radius 3 is 2.67 bits per heavy atom. The zero-order chi connectivity index (χ0) is 17.1. The molecule has 0 radical (unpaired) electrons. The molecule has 0 aromatic heterocycles. The molecule has 130 valence electrons. The highest BCUT2D eigenvalue weighted by Crippen LogP contribution is 2.27. The number of piperidine rings is 1. The fourth-order valence-corrected chi connectivity index (χ4v) is 3.69. The van der Waals surface area contributed by atoms with Crippen LogP contribution in [-0.2, 0) is 4.79 Å². The first-order valence-corrected chi connectivity index (χ1v) is 8.85. The van der Waals surface area contributed by atoms with E-state index in [1.54, 1.807) is 18.2 Å². The van der Waals surface area contributed by atoms with Crippen molar-refractivity contribution in [3.05, 3.63) is 29.8 Å². The molecule has 2 aliphatic rings. The normalized spacial score (nSPS) is 24.8. The predicted octanol–water partition coefficient (Wildman–Crippen LogP) is 3.33.